The fraction of sp³-hybridized carbons (Fsp3) is 0.304. The predicted molar refractivity (Wildman–Crippen MR) is 129 cm³/mol. The maximum absolute atomic E-state index is 11.9. The quantitative estimate of drug-likeness (QED) is 0.423. The second-order valence-corrected chi connectivity index (χ2v) is 9.79. The minimum atomic E-state index is -3.27. The molecule has 4 aromatic heterocycles. The Kier molecular flexibility index (Phi) is 7.20. The highest BCUT2D eigenvalue weighted by Crippen LogP contribution is 2.39. The van der Waals surface area contributed by atoms with Crippen molar-refractivity contribution in [2.24, 2.45) is 0 Å². The fourth-order valence-corrected chi connectivity index (χ4v) is 5.15. The zero-order valence-corrected chi connectivity index (χ0v) is 19.4. The number of aromatic nitrogens is 6. The smallest absolute Gasteiger partial charge is 0.244 e. The van der Waals surface area contributed by atoms with E-state index in [1.165, 1.54) is 35.4 Å². The van der Waals surface area contributed by atoms with Gasteiger partial charge in [0.15, 0.2) is 11.6 Å². The molecule has 176 valence electrons. The highest BCUT2D eigenvalue weighted by atomic mass is 32.2. The number of fused-ring (bicyclic) bond motifs is 1. The summed E-state index contributed by atoms with van der Waals surface area (Å²) in [5.41, 5.74) is 2.14. The van der Waals surface area contributed by atoms with Crippen LogP contribution in [0.3, 0.4) is 0 Å². The molecule has 0 atom stereocenters. The summed E-state index contributed by atoms with van der Waals surface area (Å²) in [4.78, 5) is 8.36. The number of rotatable bonds is 5. The van der Waals surface area contributed by atoms with Gasteiger partial charge in [-0.1, -0.05) is 0 Å². The van der Waals surface area contributed by atoms with Crippen molar-refractivity contribution in [2.75, 3.05) is 18.4 Å². The van der Waals surface area contributed by atoms with E-state index in [1.54, 1.807) is 22.8 Å². The van der Waals surface area contributed by atoms with Crippen molar-refractivity contribution < 1.29 is 8.42 Å². The number of nitrogens with zero attached hydrogens (tertiary/aromatic N) is 6. The number of aromatic amines is 1. The second kappa shape index (κ2) is 10.5. The van der Waals surface area contributed by atoms with Crippen LogP contribution in [0.15, 0.2) is 60.1 Å². The number of sulfonamides is 1. The number of hydrogen-bond acceptors (Lipinski definition) is 7. The Morgan fingerprint density at radius 2 is 1.91 bits per heavy atom. The van der Waals surface area contributed by atoms with Crippen molar-refractivity contribution in [3.05, 3.63) is 60.9 Å². The van der Waals surface area contributed by atoms with Gasteiger partial charge in [-0.15, -0.1) is 12.8 Å². The SMILES string of the molecule is C#C.O=S(=O)(c1cccnc1)N1CCCC1.c1cc2c(Nc3cc(C4CC4)[nH]n3)ncnn2c1. The van der Waals surface area contributed by atoms with Crippen molar-refractivity contribution in [3.63, 3.8) is 0 Å². The van der Waals surface area contributed by atoms with Gasteiger partial charge < -0.3 is 5.32 Å². The Morgan fingerprint density at radius 3 is 2.62 bits per heavy atom. The average molecular weight is 479 g/mol. The number of anilines is 2. The molecule has 11 heteroatoms. The zero-order chi connectivity index (χ0) is 24.0. The molecule has 1 saturated heterocycles. The summed E-state index contributed by atoms with van der Waals surface area (Å²) in [6, 6.07) is 9.19. The van der Waals surface area contributed by atoms with E-state index in [0.717, 1.165) is 30.0 Å². The summed E-state index contributed by atoms with van der Waals surface area (Å²) >= 11 is 0. The topological polar surface area (TPSA) is 121 Å². The maximum atomic E-state index is 11.9. The monoisotopic (exact) mass is 478 g/mol. The predicted octanol–water partition coefficient (Wildman–Crippen LogP) is 3.19. The first-order valence-corrected chi connectivity index (χ1v) is 12.4. The molecule has 0 amide bonds. The number of nitrogens with one attached hydrogen (secondary N) is 2. The minimum Gasteiger partial charge on any atom is -0.322 e. The van der Waals surface area contributed by atoms with Crippen LogP contribution in [0.5, 0.6) is 0 Å². The highest BCUT2D eigenvalue weighted by Gasteiger charge is 2.27. The van der Waals surface area contributed by atoms with Crippen molar-refractivity contribution in [1.29, 1.82) is 0 Å². The Labute approximate surface area is 198 Å². The Bertz CT molecular complexity index is 1340. The molecule has 1 aliphatic carbocycles. The largest absolute Gasteiger partial charge is 0.322 e. The van der Waals surface area contributed by atoms with Gasteiger partial charge in [-0.3, -0.25) is 10.1 Å². The van der Waals surface area contributed by atoms with Crippen molar-refractivity contribution in [2.45, 2.75) is 36.5 Å². The van der Waals surface area contributed by atoms with Gasteiger partial charge in [0, 0.05) is 49.4 Å². The summed E-state index contributed by atoms with van der Waals surface area (Å²) in [6.07, 6.45) is 18.8. The van der Waals surface area contributed by atoms with Gasteiger partial charge in [-0.2, -0.15) is 14.5 Å². The first kappa shape index (κ1) is 23.4. The first-order chi connectivity index (χ1) is 16.6. The molecule has 0 unspecified atom stereocenters. The molecular weight excluding hydrogens is 452 g/mol. The molecule has 2 aliphatic rings. The van der Waals surface area contributed by atoms with Crippen LogP contribution in [-0.4, -0.2) is 55.6 Å². The molecule has 10 nitrogen and oxygen atoms in total. The lowest BCUT2D eigenvalue weighted by atomic mass is 10.3. The van der Waals surface area contributed by atoms with Gasteiger partial charge in [-0.05, 0) is 49.9 Å². The lowest BCUT2D eigenvalue weighted by molar-refractivity contribution is 0.477. The standard InChI is InChI=1S/C12H12N6.C9H12N2O2S.C2H2/c1-2-10-12(13-7-14-18(10)5-1)15-11-6-9(16-17-11)8-3-4-8;12-14(13,11-6-1-2-7-11)9-4-3-5-10-8-9;1-2/h1-2,5-8H,3-4H2,(H2,13,14,15,16,17);3-5,8H,1-2,6-7H2;1-2H. The molecule has 0 radical (unpaired) electrons. The number of terminal acetylenes is 1. The van der Waals surface area contributed by atoms with Crippen LogP contribution < -0.4 is 5.32 Å². The zero-order valence-electron chi connectivity index (χ0n) is 18.6. The van der Waals surface area contributed by atoms with E-state index in [2.05, 4.69) is 49.5 Å². The van der Waals surface area contributed by atoms with E-state index in [1.807, 2.05) is 18.3 Å². The molecule has 0 spiro atoms. The number of H-pyrrole nitrogens is 1. The molecule has 34 heavy (non-hydrogen) atoms. The van der Waals surface area contributed by atoms with E-state index < -0.39 is 10.0 Å². The third kappa shape index (κ3) is 5.24. The molecule has 0 aromatic carbocycles. The minimum absolute atomic E-state index is 0.293. The van der Waals surface area contributed by atoms with Crippen LogP contribution in [0.1, 0.15) is 37.3 Å². The van der Waals surface area contributed by atoms with Gasteiger partial charge in [0.05, 0.1) is 0 Å². The third-order valence-corrected chi connectivity index (χ3v) is 7.41. The Morgan fingerprint density at radius 1 is 1.12 bits per heavy atom. The Hall–Kier alpha value is -3.75. The molecule has 4 aromatic rings. The molecule has 2 N–H and O–H groups in total. The van der Waals surface area contributed by atoms with Crippen LogP contribution >= 0.6 is 0 Å². The van der Waals surface area contributed by atoms with E-state index in [9.17, 15) is 8.42 Å². The lowest BCUT2D eigenvalue weighted by Crippen LogP contribution is -2.27. The highest BCUT2D eigenvalue weighted by molar-refractivity contribution is 7.89. The van der Waals surface area contributed by atoms with Crippen LogP contribution in [0, 0.1) is 12.8 Å². The fourth-order valence-electron chi connectivity index (χ4n) is 3.66. The molecule has 1 saturated carbocycles. The summed E-state index contributed by atoms with van der Waals surface area (Å²) in [6.45, 7) is 1.27. The molecule has 1 aliphatic heterocycles. The van der Waals surface area contributed by atoms with Crippen molar-refractivity contribution in [3.8, 4) is 12.8 Å². The average Bonchev–Trinajstić information content (AvgIpc) is 3.28. The molecule has 5 heterocycles. The number of hydrogen-bond donors (Lipinski definition) is 2. The van der Waals surface area contributed by atoms with Crippen LogP contribution in [0.25, 0.3) is 5.52 Å². The Balaban J connectivity index is 0.000000155. The number of pyridine rings is 1. The lowest BCUT2D eigenvalue weighted by Gasteiger charge is -2.14. The van der Waals surface area contributed by atoms with Gasteiger partial charge in [0.25, 0.3) is 0 Å². The van der Waals surface area contributed by atoms with Crippen molar-refractivity contribution >= 4 is 27.2 Å². The first-order valence-electron chi connectivity index (χ1n) is 11.0. The van der Waals surface area contributed by atoms with E-state index >= 15 is 0 Å². The second-order valence-electron chi connectivity index (χ2n) is 7.85. The molecule has 6 rings (SSSR count). The van der Waals surface area contributed by atoms with Crippen LogP contribution in [-0.2, 0) is 10.0 Å². The molecular formula is C23H26N8O2S. The van der Waals surface area contributed by atoms with E-state index in [-0.39, 0.29) is 0 Å². The molecule has 2 fully saturated rings. The van der Waals surface area contributed by atoms with Gasteiger partial charge in [-0.25, -0.2) is 17.9 Å². The third-order valence-electron chi connectivity index (χ3n) is 5.53. The molecule has 0 bridgehead atoms. The van der Waals surface area contributed by atoms with Crippen molar-refractivity contribution in [1.82, 2.24) is 34.1 Å². The normalized spacial score (nSPS) is 15.7. The van der Waals surface area contributed by atoms with Gasteiger partial charge >= 0.3 is 0 Å². The summed E-state index contributed by atoms with van der Waals surface area (Å²) in [5.74, 6) is 2.24. The summed E-state index contributed by atoms with van der Waals surface area (Å²) in [7, 11) is -3.27. The maximum Gasteiger partial charge on any atom is 0.244 e. The van der Waals surface area contributed by atoms with Crippen LogP contribution in [0.4, 0.5) is 11.6 Å². The summed E-state index contributed by atoms with van der Waals surface area (Å²) in [5, 5.41) is 14.7. The van der Waals surface area contributed by atoms with Gasteiger partial charge in [0.1, 0.15) is 16.7 Å². The van der Waals surface area contributed by atoms with Gasteiger partial charge in [0.2, 0.25) is 10.0 Å². The van der Waals surface area contributed by atoms with E-state index in [0.29, 0.717) is 23.9 Å². The van der Waals surface area contributed by atoms with E-state index in [4.69, 9.17) is 0 Å². The summed E-state index contributed by atoms with van der Waals surface area (Å²) < 4.78 is 27.1. The van der Waals surface area contributed by atoms with Crippen LogP contribution in [0.2, 0.25) is 0 Å².